The molecule has 1 N–H and O–H groups in total. The standard InChI is InChI=1S/C9H12N2O5/c1-5(16-9(15)10-2)8(14)11-6(12)3-4-7(11)13/h5H,3-4H2,1-2H3,(H,10,15). The van der Waals surface area contributed by atoms with Crippen molar-refractivity contribution in [2.75, 3.05) is 7.05 Å². The van der Waals surface area contributed by atoms with E-state index in [-0.39, 0.29) is 12.8 Å². The van der Waals surface area contributed by atoms with Crippen molar-refractivity contribution in [1.82, 2.24) is 10.2 Å². The Morgan fingerprint density at radius 3 is 2.25 bits per heavy atom. The van der Waals surface area contributed by atoms with E-state index in [0.29, 0.717) is 4.90 Å². The van der Waals surface area contributed by atoms with E-state index in [1.807, 2.05) is 0 Å². The molecule has 1 unspecified atom stereocenters. The first kappa shape index (κ1) is 12.2. The number of rotatable bonds is 2. The smallest absolute Gasteiger partial charge is 0.407 e. The molecule has 0 bridgehead atoms. The average Bonchev–Trinajstić information content (AvgIpc) is 2.57. The first-order chi connectivity index (χ1) is 7.47. The van der Waals surface area contributed by atoms with E-state index < -0.39 is 29.9 Å². The summed E-state index contributed by atoms with van der Waals surface area (Å²) in [4.78, 5) is 45.4. The SMILES string of the molecule is CNC(=O)OC(C)C(=O)N1C(=O)CCC1=O. The number of likely N-dealkylation sites (tertiary alicyclic amines) is 1. The van der Waals surface area contributed by atoms with Crippen LogP contribution in [0.25, 0.3) is 0 Å². The van der Waals surface area contributed by atoms with Crippen LogP contribution in [-0.4, -0.2) is 41.9 Å². The molecule has 1 aliphatic rings. The highest BCUT2D eigenvalue weighted by Crippen LogP contribution is 2.14. The summed E-state index contributed by atoms with van der Waals surface area (Å²) in [6, 6.07) is 0. The van der Waals surface area contributed by atoms with E-state index in [4.69, 9.17) is 0 Å². The number of hydrogen-bond acceptors (Lipinski definition) is 5. The zero-order valence-electron chi connectivity index (χ0n) is 8.98. The van der Waals surface area contributed by atoms with Crippen LogP contribution >= 0.6 is 0 Å². The van der Waals surface area contributed by atoms with Gasteiger partial charge in [-0.25, -0.2) is 9.69 Å². The fraction of sp³-hybridized carbons (Fsp3) is 0.556. The van der Waals surface area contributed by atoms with Crippen LogP contribution in [0.15, 0.2) is 0 Å². The van der Waals surface area contributed by atoms with Gasteiger partial charge in [0.25, 0.3) is 5.91 Å². The normalized spacial score (nSPS) is 17.2. The largest absolute Gasteiger partial charge is 0.436 e. The maximum atomic E-state index is 11.6. The molecule has 1 heterocycles. The number of hydrogen-bond donors (Lipinski definition) is 1. The molecule has 1 fully saturated rings. The molecule has 7 nitrogen and oxygen atoms in total. The third-order valence-electron chi connectivity index (χ3n) is 2.11. The van der Waals surface area contributed by atoms with Gasteiger partial charge in [-0.15, -0.1) is 0 Å². The molecule has 88 valence electrons. The van der Waals surface area contributed by atoms with Crippen LogP contribution in [0.2, 0.25) is 0 Å². The second kappa shape index (κ2) is 4.73. The minimum absolute atomic E-state index is 0.0251. The predicted molar refractivity (Wildman–Crippen MR) is 51.1 cm³/mol. The van der Waals surface area contributed by atoms with Crippen LogP contribution in [0.3, 0.4) is 0 Å². The van der Waals surface area contributed by atoms with Gasteiger partial charge in [-0.05, 0) is 6.92 Å². The summed E-state index contributed by atoms with van der Waals surface area (Å²) in [6.07, 6.45) is -1.90. The van der Waals surface area contributed by atoms with Crippen molar-refractivity contribution < 1.29 is 23.9 Å². The lowest BCUT2D eigenvalue weighted by atomic mass is 10.3. The van der Waals surface area contributed by atoms with Gasteiger partial charge in [-0.3, -0.25) is 14.4 Å². The Balaban J connectivity index is 2.66. The summed E-state index contributed by atoms with van der Waals surface area (Å²) in [5.74, 6) is -1.92. The number of carbonyl (C=O) groups excluding carboxylic acids is 4. The molecule has 0 aromatic heterocycles. The van der Waals surface area contributed by atoms with Gasteiger partial charge < -0.3 is 10.1 Å². The maximum absolute atomic E-state index is 11.6. The molecule has 1 atom stereocenters. The van der Waals surface area contributed by atoms with Crippen molar-refractivity contribution in [3.8, 4) is 0 Å². The van der Waals surface area contributed by atoms with Crippen LogP contribution in [0.4, 0.5) is 4.79 Å². The van der Waals surface area contributed by atoms with E-state index in [1.165, 1.54) is 14.0 Å². The summed E-state index contributed by atoms with van der Waals surface area (Å²) in [5, 5.41) is 2.16. The third kappa shape index (κ3) is 2.36. The number of ether oxygens (including phenoxy) is 1. The van der Waals surface area contributed by atoms with Crippen molar-refractivity contribution in [3.63, 3.8) is 0 Å². The Bertz CT molecular complexity index is 336. The topological polar surface area (TPSA) is 92.8 Å². The number of nitrogens with zero attached hydrogens (tertiary/aromatic N) is 1. The highest BCUT2D eigenvalue weighted by molar-refractivity contribution is 6.16. The first-order valence-electron chi connectivity index (χ1n) is 4.75. The van der Waals surface area contributed by atoms with Gasteiger partial charge in [-0.1, -0.05) is 0 Å². The third-order valence-corrected chi connectivity index (χ3v) is 2.11. The molecule has 4 amide bonds. The van der Waals surface area contributed by atoms with Crippen molar-refractivity contribution in [3.05, 3.63) is 0 Å². The second-order valence-corrected chi connectivity index (χ2v) is 3.26. The lowest BCUT2D eigenvalue weighted by Gasteiger charge is -2.17. The molecular weight excluding hydrogens is 216 g/mol. The Hall–Kier alpha value is -1.92. The Kier molecular flexibility index (Phi) is 3.60. The Morgan fingerprint density at radius 1 is 1.31 bits per heavy atom. The molecule has 0 spiro atoms. The van der Waals surface area contributed by atoms with Crippen LogP contribution in [-0.2, 0) is 19.1 Å². The van der Waals surface area contributed by atoms with Gasteiger partial charge in [0, 0.05) is 19.9 Å². The minimum Gasteiger partial charge on any atom is -0.436 e. The van der Waals surface area contributed by atoms with Crippen LogP contribution in [0.5, 0.6) is 0 Å². The number of amides is 4. The molecule has 0 saturated carbocycles. The van der Waals surface area contributed by atoms with E-state index >= 15 is 0 Å². The van der Waals surface area contributed by atoms with Crippen molar-refractivity contribution in [1.29, 1.82) is 0 Å². The van der Waals surface area contributed by atoms with E-state index in [1.54, 1.807) is 0 Å². The first-order valence-corrected chi connectivity index (χ1v) is 4.75. The molecule has 1 saturated heterocycles. The minimum atomic E-state index is -1.16. The van der Waals surface area contributed by atoms with Crippen molar-refractivity contribution in [2.24, 2.45) is 0 Å². The average molecular weight is 228 g/mol. The summed E-state index contributed by atoms with van der Waals surface area (Å²) in [6.45, 7) is 1.30. The van der Waals surface area contributed by atoms with Crippen LogP contribution in [0, 0.1) is 0 Å². The summed E-state index contributed by atoms with van der Waals surface area (Å²) in [5.41, 5.74) is 0. The molecular formula is C9H12N2O5. The monoisotopic (exact) mass is 228 g/mol. The molecule has 1 aliphatic heterocycles. The summed E-state index contributed by atoms with van der Waals surface area (Å²) < 4.78 is 4.62. The molecule has 1 rings (SSSR count). The van der Waals surface area contributed by atoms with E-state index in [0.717, 1.165) is 0 Å². The van der Waals surface area contributed by atoms with Gasteiger partial charge >= 0.3 is 6.09 Å². The highest BCUT2D eigenvalue weighted by Gasteiger charge is 2.37. The number of imide groups is 3. The highest BCUT2D eigenvalue weighted by atomic mass is 16.6. The quantitative estimate of drug-likeness (QED) is 0.637. The van der Waals surface area contributed by atoms with Crippen molar-refractivity contribution in [2.45, 2.75) is 25.9 Å². The zero-order chi connectivity index (χ0) is 12.3. The van der Waals surface area contributed by atoms with E-state index in [2.05, 4.69) is 10.1 Å². The second-order valence-electron chi connectivity index (χ2n) is 3.26. The van der Waals surface area contributed by atoms with Gasteiger partial charge in [0.15, 0.2) is 6.10 Å². The lowest BCUT2D eigenvalue weighted by molar-refractivity contribution is -0.153. The number of alkyl carbamates (subject to hydrolysis) is 1. The fourth-order valence-corrected chi connectivity index (χ4v) is 1.27. The maximum Gasteiger partial charge on any atom is 0.407 e. The molecule has 7 heteroatoms. The van der Waals surface area contributed by atoms with Gasteiger partial charge in [0.1, 0.15) is 0 Å². The molecule has 16 heavy (non-hydrogen) atoms. The van der Waals surface area contributed by atoms with E-state index in [9.17, 15) is 19.2 Å². The van der Waals surface area contributed by atoms with Crippen molar-refractivity contribution >= 4 is 23.8 Å². The Morgan fingerprint density at radius 2 is 1.81 bits per heavy atom. The number of nitrogens with one attached hydrogen (secondary N) is 1. The lowest BCUT2D eigenvalue weighted by Crippen LogP contribution is -2.43. The molecule has 0 radical (unpaired) electrons. The van der Waals surface area contributed by atoms with Gasteiger partial charge in [0.2, 0.25) is 11.8 Å². The molecule has 0 aliphatic carbocycles. The number of carbonyl (C=O) groups is 4. The van der Waals surface area contributed by atoms with Crippen LogP contribution < -0.4 is 5.32 Å². The van der Waals surface area contributed by atoms with Crippen LogP contribution in [0.1, 0.15) is 19.8 Å². The van der Waals surface area contributed by atoms with Gasteiger partial charge in [-0.2, -0.15) is 0 Å². The fourth-order valence-electron chi connectivity index (χ4n) is 1.27. The predicted octanol–water partition coefficient (Wildman–Crippen LogP) is -0.594. The van der Waals surface area contributed by atoms with Gasteiger partial charge in [0.05, 0.1) is 0 Å². The summed E-state index contributed by atoms with van der Waals surface area (Å²) in [7, 11) is 1.34. The molecule has 0 aromatic rings. The zero-order valence-corrected chi connectivity index (χ0v) is 8.98. The summed E-state index contributed by atoms with van der Waals surface area (Å²) >= 11 is 0. The molecule has 0 aromatic carbocycles. The Labute approximate surface area is 91.7 Å².